The number of ether oxygens (including phenoxy) is 1. The maximum Gasteiger partial charge on any atom is 0.331 e. The smallest absolute Gasteiger partial charge is 0.331 e. The molecule has 0 spiro atoms. The van der Waals surface area contributed by atoms with Crippen molar-refractivity contribution in [2.75, 3.05) is 6.61 Å². The SMILES string of the molecule is CC(C)n1cc(Br)c(=O)[nH]c1=O.CCC(C)n1cc(Br)c(=O)[nH]c1=O.CCCCC#Cc1c[nH]c(=O)[nH]c1=O.Cc1cn(C2C[C@H](O)[C@@H](CO)O2)c(=O)[nH]c1=O.O=c1[nH]c(=O)n(CC2CCCCC2)cc1Br.O=c1[nH]c(=O)n(Cc2ccccc2)cc1Br.O=c1c(Br)cn(CC2CCCCC2)c(=O)n1CC1CCCCC1. The minimum Gasteiger partial charge on any atom is -0.394 e. The van der Waals surface area contributed by atoms with Gasteiger partial charge in [-0.05, 0) is 182 Å². The van der Waals surface area contributed by atoms with Crippen molar-refractivity contribution in [3.63, 3.8) is 0 Å². The standard InChI is InChI=1S/C18H27BrN2O2.C11H15BrN2O2.C11H9BrN2O2.C10H14N2O5.C10H12N2O2.C8H11BrN2O2.C7H9BrN2O2/c19-16-13-20(11-14-7-3-1-4-8-14)18(23)21(17(16)22)12-15-9-5-2-6-10-15;2*12-9-7-14(11(16)13-10(9)15)6-8-4-2-1-3-5-8;1-5-3-12(10(16)11-9(5)15)8-2-6(14)7(4-13)17-8;1-2-3-4-5-6-8-7-11-10(14)12-9(8)13;1-3-5(2)11-4-6(9)7(12)10-8(11)13;1-4(2)10-3-5(8)6(11)9-7(10)12/h13-15H,1-12H2;7-8H,1-6H2,(H,13,15,16);1-5,7H,6H2,(H,13,15,16);3,6-8,13-14H,2,4H2,1H3,(H,11,15,16);7H,2-4H2,1H3,(H2,11,12,13,14);4-5H,3H2,1-2H3,(H,10,12,13);3-4H,1-2H3,(H,9,11,12)/t;;;6-,7+,8?;;;/m...0.../s1. The number of hydrogen-bond donors (Lipinski definition) is 9. The zero-order chi connectivity index (χ0) is 81.6. The minimum atomic E-state index is -0.816. The molecular weight excluding hydrogens is 1770 g/mol. The number of rotatable bonds is 15. The van der Waals surface area contributed by atoms with E-state index in [1.807, 2.05) is 58.0 Å². The van der Waals surface area contributed by atoms with E-state index in [0.717, 1.165) is 50.6 Å². The van der Waals surface area contributed by atoms with E-state index < -0.39 is 57.7 Å². The van der Waals surface area contributed by atoms with Crippen molar-refractivity contribution in [1.29, 1.82) is 0 Å². The van der Waals surface area contributed by atoms with Crippen LogP contribution in [0.5, 0.6) is 0 Å². The van der Waals surface area contributed by atoms with E-state index in [-0.39, 0.29) is 64.5 Å². The highest BCUT2D eigenvalue weighted by molar-refractivity contribution is 9.11. The molecule has 111 heavy (non-hydrogen) atoms. The topological polar surface area (TPSA) is 434 Å². The Bertz CT molecular complexity index is 5330. The van der Waals surface area contributed by atoms with Crippen LogP contribution in [0.25, 0.3) is 0 Å². The van der Waals surface area contributed by atoms with Gasteiger partial charge in [-0.15, -0.1) is 0 Å². The normalized spacial score (nSPS) is 16.5. The third-order valence-corrected chi connectivity index (χ3v) is 21.7. The molecule has 8 heterocycles. The Morgan fingerprint density at radius 3 is 1.50 bits per heavy atom. The monoisotopic (exact) mass is 1860 g/mol. The molecule has 9 N–H and O–H groups in total. The molecule has 1 saturated heterocycles. The van der Waals surface area contributed by atoms with E-state index in [9.17, 15) is 72.2 Å². The first-order chi connectivity index (χ1) is 52.8. The van der Waals surface area contributed by atoms with Crippen LogP contribution in [0.15, 0.2) is 163 Å². The number of unbranched alkanes of at least 4 members (excludes halogenated alkanes) is 2. The highest BCUT2D eigenvalue weighted by Crippen LogP contribution is 2.29. The summed E-state index contributed by atoms with van der Waals surface area (Å²) in [5, 5.41) is 18.5. The van der Waals surface area contributed by atoms with Crippen LogP contribution in [0.3, 0.4) is 0 Å². The van der Waals surface area contributed by atoms with Gasteiger partial charge in [0.1, 0.15) is 17.9 Å². The van der Waals surface area contributed by atoms with Gasteiger partial charge in [0.05, 0.1) is 41.6 Å². The van der Waals surface area contributed by atoms with Crippen molar-refractivity contribution < 1.29 is 14.9 Å². The molecule has 3 saturated carbocycles. The Labute approximate surface area is 678 Å². The number of aryl methyl sites for hydroxylation is 1. The molecule has 1 aliphatic heterocycles. The zero-order valence-electron chi connectivity index (χ0n) is 62.8. The van der Waals surface area contributed by atoms with Crippen molar-refractivity contribution in [3.8, 4) is 11.8 Å². The van der Waals surface area contributed by atoms with Gasteiger partial charge in [-0.2, -0.15) is 0 Å². The van der Waals surface area contributed by atoms with Gasteiger partial charge in [-0.3, -0.25) is 95.4 Å². The van der Waals surface area contributed by atoms with Crippen LogP contribution in [0.4, 0.5) is 0 Å². The Balaban J connectivity index is 0.000000204. The Kier molecular flexibility index (Phi) is 38.1. The molecule has 4 atom stereocenters. The molecule has 1 aromatic carbocycles. The van der Waals surface area contributed by atoms with Crippen LogP contribution in [-0.4, -0.2) is 95.9 Å². The molecular formula is C75H97Br5N14O17. The molecule has 7 aromatic heterocycles. The molecule has 0 amide bonds. The van der Waals surface area contributed by atoms with E-state index >= 15 is 0 Å². The van der Waals surface area contributed by atoms with Crippen LogP contribution < -0.4 is 78.7 Å². The average molecular weight is 1870 g/mol. The van der Waals surface area contributed by atoms with Crippen LogP contribution in [0, 0.1) is 36.5 Å². The third-order valence-electron chi connectivity index (χ3n) is 18.9. The fourth-order valence-corrected chi connectivity index (χ4v) is 14.2. The summed E-state index contributed by atoms with van der Waals surface area (Å²) >= 11 is 15.7. The Morgan fingerprint density at radius 1 is 0.532 bits per heavy atom. The lowest BCUT2D eigenvalue weighted by molar-refractivity contribution is -0.0459. The number of aromatic nitrogens is 14. The maximum atomic E-state index is 12.8. The fraction of sp³-hybridized carbons (Fsp3) is 0.520. The molecule has 0 radical (unpaired) electrons. The van der Waals surface area contributed by atoms with Crippen molar-refractivity contribution in [1.82, 2.24) is 66.9 Å². The fourth-order valence-electron chi connectivity index (χ4n) is 12.4. The van der Waals surface area contributed by atoms with Crippen LogP contribution in [0.2, 0.25) is 0 Å². The number of H-pyrrole nitrogens is 7. The number of aliphatic hydroxyl groups excluding tert-OH is 2. The molecule has 2 unspecified atom stereocenters. The van der Waals surface area contributed by atoms with Crippen LogP contribution in [-0.2, 0) is 30.9 Å². The Hall–Kier alpha value is -8.18. The third kappa shape index (κ3) is 29.1. The van der Waals surface area contributed by atoms with E-state index in [1.54, 1.807) is 28.5 Å². The molecule has 3 aliphatic carbocycles. The summed E-state index contributed by atoms with van der Waals surface area (Å²) in [7, 11) is 0. The van der Waals surface area contributed by atoms with Gasteiger partial charge in [0, 0.05) is 93.5 Å². The second-order valence-corrected chi connectivity index (χ2v) is 32.0. The van der Waals surface area contributed by atoms with Gasteiger partial charge < -0.3 is 19.9 Å². The van der Waals surface area contributed by atoms with Gasteiger partial charge >= 0.3 is 39.8 Å². The average Bonchev–Trinajstić information content (AvgIpc) is 1.72. The number of halogens is 5. The lowest BCUT2D eigenvalue weighted by Crippen LogP contribution is -2.42. The van der Waals surface area contributed by atoms with Crippen LogP contribution >= 0.6 is 79.6 Å². The maximum absolute atomic E-state index is 12.8. The number of aromatic amines is 7. The molecule has 604 valence electrons. The van der Waals surface area contributed by atoms with Crippen molar-refractivity contribution in [2.45, 2.75) is 227 Å². The molecule has 4 aliphatic rings. The first-order valence-electron chi connectivity index (χ1n) is 36.9. The van der Waals surface area contributed by atoms with E-state index in [0.29, 0.717) is 70.9 Å². The second-order valence-electron chi connectivity index (χ2n) is 27.7. The molecule has 36 heteroatoms. The molecule has 31 nitrogen and oxygen atoms in total. The highest BCUT2D eigenvalue weighted by Gasteiger charge is 2.35. The molecule has 12 rings (SSSR count). The van der Waals surface area contributed by atoms with E-state index in [1.165, 1.54) is 137 Å². The first-order valence-corrected chi connectivity index (χ1v) is 40.9. The lowest BCUT2D eigenvalue weighted by atomic mass is 9.89. The highest BCUT2D eigenvalue weighted by atomic mass is 79.9. The molecule has 8 aromatic rings. The van der Waals surface area contributed by atoms with Gasteiger partial charge in [-0.1, -0.05) is 120 Å². The van der Waals surface area contributed by atoms with Crippen molar-refractivity contribution in [2.24, 2.45) is 17.8 Å². The molecule has 0 bridgehead atoms. The summed E-state index contributed by atoms with van der Waals surface area (Å²) in [6, 6.07) is 9.71. The lowest BCUT2D eigenvalue weighted by Gasteiger charge is -2.24. The summed E-state index contributed by atoms with van der Waals surface area (Å²) in [4.78, 5) is 175. The summed E-state index contributed by atoms with van der Waals surface area (Å²) in [5.41, 5.74) is -3.54. The summed E-state index contributed by atoms with van der Waals surface area (Å²) < 4.78 is 17.8. The number of benzene rings is 1. The van der Waals surface area contributed by atoms with Gasteiger partial charge in [0.15, 0.2) is 0 Å². The predicted octanol–water partition coefficient (Wildman–Crippen LogP) is 8.40. The van der Waals surface area contributed by atoms with E-state index in [4.69, 9.17) is 9.84 Å². The number of hydrogen-bond acceptors (Lipinski definition) is 17. The van der Waals surface area contributed by atoms with Gasteiger partial charge in [-0.25, -0.2) is 33.6 Å². The zero-order valence-corrected chi connectivity index (χ0v) is 70.7. The summed E-state index contributed by atoms with van der Waals surface area (Å²) in [6.07, 6.45) is 30.7. The van der Waals surface area contributed by atoms with Crippen LogP contribution in [0.1, 0.15) is 198 Å². The van der Waals surface area contributed by atoms with Crippen molar-refractivity contribution >= 4 is 79.6 Å². The molecule has 4 fully saturated rings. The first kappa shape index (κ1) is 91.7. The minimum absolute atomic E-state index is 0.0469. The Morgan fingerprint density at radius 2 is 1.00 bits per heavy atom. The number of aliphatic hydroxyl groups is 2. The van der Waals surface area contributed by atoms with Gasteiger partial charge in [0.2, 0.25) is 0 Å². The summed E-state index contributed by atoms with van der Waals surface area (Å²) in [5.74, 6) is 7.21. The largest absolute Gasteiger partial charge is 0.394 e. The second kappa shape index (κ2) is 46.1. The van der Waals surface area contributed by atoms with Gasteiger partial charge in [0.25, 0.3) is 38.9 Å². The quantitative estimate of drug-likeness (QED) is 0.0343. The van der Waals surface area contributed by atoms with E-state index in [2.05, 4.69) is 133 Å². The van der Waals surface area contributed by atoms with Crippen molar-refractivity contribution in [3.05, 3.63) is 259 Å². The number of nitrogens with zero attached hydrogens (tertiary/aromatic N) is 7. The number of nitrogens with one attached hydrogen (secondary N) is 7. The summed E-state index contributed by atoms with van der Waals surface area (Å²) in [6.45, 7) is 13.5. The predicted molar refractivity (Wildman–Crippen MR) is 441 cm³/mol.